The van der Waals surface area contributed by atoms with Gasteiger partial charge in [0.15, 0.2) is 0 Å². The second-order valence-corrected chi connectivity index (χ2v) is 8.18. The lowest BCUT2D eigenvalue weighted by Crippen LogP contribution is -2.11. The molecule has 0 heteroatoms. The molecule has 0 aliphatic heterocycles. The van der Waals surface area contributed by atoms with Gasteiger partial charge in [-0.05, 0) is 85.3 Å². The molecule has 2 aromatic carbocycles. The first-order valence-electron chi connectivity index (χ1n) is 11.1. The third-order valence-corrected chi connectivity index (χ3v) is 5.92. The van der Waals surface area contributed by atoms with Crippen LogP contribution in [0.5, 0.6) is 0 Å². The zero-order chi connectivity index (χ0) is 19.6. The Balaban J connectivity index is 1.46. The summed E-state index contributed by atoms with van der Waals surface area (Å²) in [6, 6.07) is 18.1. The first-order chi connectivity index (χ1) is 13.8. The predicted octanol–water partition coefficient (Wildman–Crippen LogP) is 7.47. The van der Waals surface area contributed by atoms with E-state index in [-0.39, 0.29) is 0 Å². The molecule has 0 radical (unpaired) electrons. The van der Waals surface area contributed by atoms with Crippen molar-refractivity contribution in [2.75, 3.05) is 0 Å². The van der Waals surface area contributed by atoms with Crippen LogP contribution < -0.4 is 0 Å². The lowest BCUT2D eigenvalue weighted by molar-refractivity contribution is 0.376. The fourth-order valence-corrected chi connectivity index (χ4v) is 4.24. The van der Waals surface area contributed by atoms with E-state index in [1.165, 1.54) is 61.6 Å². The number of hydrogen-bond acceptors (Lipinski definition) is 0. The maximum absolute atomic E-state index is 3.27. The zero-order valence-electron chi connectivity index (χ0n) is 17.6. The maximum Gasteiger partial charge on any atom is 0.0249 e. The van der Waals surface area contributed by atoms with Crippen LogP contribution in [0.3, 0.4) is 0 Å². The van der Waals surface area contributed by atoms with Gasteiger partial charge in [-0.2, -0.15) is 0 Å². The Morgan fingerprint density at radius 2 is 1.36 bits per heavy atom. The quantitative estimate of drug-likeness (QED) is 0.462. The Morgan fingerprint density at radius 1 is 0.786 bits per heavy atom. The molecule has 1 fully saturated rings. The molecule has 0 bridgehead atoms. The molecule has 3 rings (SSSR count). The summed E-state index contributed by atoms with van der Waals surface area (Å²) in [7, 11) is 0. The molecule has 0 aromatic heterocycles. The number of aryl methyl sites for hydroxylation is 2. The molecular weight excluding hydrogens is 336 g/mol. The molecule has 0 saturated heterocycles. The van der Waals surface area contributed by atoms with Gasteiger partial charge in [-0.15, -0.1) is 0 Å². The van der Waals surface area contributed by atoms with Gasteiger partial charge in [-0.25, -0.2) is 0 Å². The minimum absolute atomic E-state index is 0.692. The molecule has 0 amide bonds. The predicted molar refractivity (Wildman–Crippen MR) is 122 cm³/mol. The van der Waals surface area contributed by atoms with Crippen molar-refractivity contribution in [3.63, 3.8) is 0 Å². The van der Waals surface area contributed by atoms with E-state index in [4.69, 9.17) is 0 Å². The van der Waals surface area contributed by atoms with Crippen LogP contribution in [0.15, 0.2) is 60.7 Å². The van der Waals surface area contributed by atoms with Crippen molar-refractivity contribution in [2.45, 2.75) is 71.1 Å². The summed E-state index contributed by atoms with van der Waals surface area (Å²) in [6.07, 6.45) is 14.3. The fourth-order valence-electron chi connectivity index (χ4n) is 4.24. The van der Waals surface area contributed by atoms with E-state index in [0.29, 0.717) is 5.92 Å². The summed E-state index contributed by atoms with van der Waals surface area (Å²) < 4.78 is 0. The van der Waals surface area contributed by atoms with Gasteiger partial charge < -0.3 is 0 Å². The lowest BCUT2D eigenvalue weighted by Gasteiger charge is -2.27. The summed E-state index contributed by atoms with van der Waals surface area (Å²) in [5, 5.41) is 0. The highest BCUT2D eigenvalue weighted by atomic mass is 14.3. The highest BCUT2D eigenvalue weighted by Gasteiger charge is 2.20. The van der Waals surface area contributed by atoms with Gasteiger partial charge in [-0.3, -0.25) is 0 Å². The number of allylic oxidation sites excluding steroid dienone is 2. The third kappa shape index (κ3) is 6.13. The Morgan fingerprint density at radius 3 is 1.93 bits per heavy atom. The van der Waals surface area contributed by atoms with Gasteiger partial charge >= 0.3 is 0 Å². The fraction of sp³-hybridized carbons (Fsp3) is 0.429. The number of rotatable bonds is 6. The van der Waals surface area contributed by atoms with Crippen molar-refractivity contribution in [1.82, 2.24) is 0 Å². The Kier molecular flexibility index (Phi) is 7.98. The third-order valence-electron chi connectivity index (χ3n) is 5.92. The highest BCUT2D eigenvalue weighted by Crippen LogP contribution is 2.36. The maximum atomic E-state index is 3.27. The molecule has 0 N–H and O–H groups in total. The molecule has 1 saturated carbocycles. The normalized spacial score (nSPS) is 19.4. The lowest BCUT2D eigenvalue weighted by atomic mass is 9.78. The largest absolute Gasteiger partial charge is 0.0730 e. The molecule has 0 spiro atoms. The van der Waals surface area contributed by atoms with E-state index in [2.05, 4.69) is 86.4 Å². The van der Waals surface area contributed by atoms with Crippen LogP contribution in [0.4, 0.5) is 0 Å². The summed E-state index contributed by atoms with van der Waals surface area (Å²) >= 11 is 0. The van der Waals surface area contributed by atoms with E-state index >= 15 is 0 Å². The smallest absolute Gasteiger partial charge is 0.0249 e. The minimum Gasteiger partial charge on any atom is -0.0730 e. The van der Waals surface area contributed by atoms with Crippen LogP contribution in [0.2, 0.25) is 0 Å². The van der Waals surface area contributed by atoms with Crippen LogP contribution in [-0.4, -0.2) is 0 Å². The van der Waals surface area contributed by atoms with Crippen LogP contribution in [-0.2, 0) is 12.8 Å². The molecule has 0 nitrogen and oxygen atoms in total. The van der Waals surface area contributed by atoms with E-state index in [0.717, 1.165) is 17.9 Å². The van der Waals surface area contributed by atoms with E-state index in [1.54, 1.807) is 0 Å². The Hall–Kier alpha value is -2.26. The average Bonchev–Trinajstić information content (AvgIpc) is 2.74. The first kappa shape index (κ1) is 20.5. The van der Waals surface area contributed by atoms with Gasteiger partial charge in [0.1, 0.15) is 0 Å². The standard InChI is InChI=1S/C28H34/c1-3-7-23-11-13-25(14-12-23)9-5-6-10-26-17-21-28(22-18-26)27-19-15-24(8-4-2)16-20-27/h6,10-16,19-20,26,28H,3-4,7-8,17-18,21-22H2,1-2H3/t26-,28-. The van der Waals surface area contributed by atoms with Crippen molar-refractivity contribution in [1.29, 1.82) is 0 Å². The van der Waals surface area contributed by atoms with E-state index in [1.807, 2.05) is 0 Å². The molecular formula is C28H34. The Labute approximate surface area is 172 Å². The molecule has 146 valence electrons. The average molecular weight is 371 g/mol. The van der Waals surface area contributed by atoms with Gasteiger partial charge in [0.05, 0.1) is 0 Å². The van der Waals surface area contributed by atoms with Crippen LogP contribution in [0.1, 0.15) is 80.5 Å². The summed E-state index contributed by atoms with van der Waals surface area (Å²) in [5.74, 6) is 7.93. The topological polar surface area (TPSA) is 0 Å². The van der Waals surface area contributed by atoms with Gasteiger partial charge in [0, 0.05) is 5.56 Å². The summed E-state index contributed by atoms with van der Waals surface area (Å²) in [6.45, 7) is 4.46. The molecule has 1 aliphatic carbocycles. The Bertz CT molecular complexity index is 788. The first-order valence-corrected chi connectivity index (χ1v) is 11.1. The second kappa shape index (κ2) is 10.9. The SMILES string of the molecule is CCCc1ccc(C#CC=C[C@H]2CC[C@H](c3ccc(CCC)cc3)CC2)cc1. The second-order valence-electron chi connectivity index (χ2n) is 8.18. The van der Waals surface area contributed by atoms with Crippen LogP contribution >= 0.6 is 0 Å². The van der Waals surface area contributed by atoms with Crippen LogP contribution in [0, 0.1) is 17.8 Å². The number of benzene rings is 2. The molecule has 0 unspecified atom stereocenters. The van der Waals surface area contributed by atoms with E-state index in [9.17, 15) is 0 Å². The summed E-state index contributed by atoms with van der Waals surface area (Å²) in [4.78, 5) is 0. The number of hydrogen-bond donors (Lipinski definition) is 0. The molecule has 0 atom stereocenters. The van der Waals surface area contributed by atoms with Crippen molar-refractivity contribution >= 4 is 0 Å². The minimum atomic E-state index is 0.692. The van der Waals surface area contributed by atoms with E-state index < -0.39 is 0 Å². The van der Waals surface area contributed by atoms with Crippen molar-refractivity contribution in [2.24, 2.45) is 5.92 Å². The van der Waals surface area contributed by atoms with Gasteiger partial charge in [0.2, 0.25) is 0 Å². The highest BCUT2D eigenvalue weighted by molar-refractivity contribution is 5.38. The van der Waals surface area contributed by atoms with Crippen LogP contribution in [0.25, 0.3) is 0 Å². The monoisotopic (exact) mass is 370 g/mol. The van der Waals surface area contributed by atoms with Crippen molar-refractivity contribution < 1.29 is 0 Å². The molecule has 1 aliphatic rings. The van der Waals surface area contributed by atoms with Gasteiger partial charge in [-0.1, -0.05) is 81.0 Å². The summed E-state index contributed by atoms with van der Waals surface area (Å²) in [5.41, 5.74) is 5.52. The molecule has 0 heterocycles. The zero-order valence-corrected chi connectivity index (χ0v) is 17.6. The molecule has 28 heavy (non-hydrogen) atoms. The van der Waals surface area contributed by atoms with Crippen molar-refractivity contribution in [3.05, 3.63) is 82.9 Å². The molecule has 2 aromatic rings. The van der Waals surface area contributed by atoms with Crippen molar-refractivity contribution in [3.8, 4) is 11.8 Å². The van der Waals surface area contributed by atoms with Gasteiger partial charge in [0.25, 0.3) is 0 Å².